The van der Waals surface area contributed by atoms with Crippen molar-refractivity contribution in [1.29, 1.82) is 0 Å². The molecule has 0 unspecified atom stereocenters. The third-order valence-corrected chi connectivity index (χ3v) is 1.42. The van der Waals surface area contributed by atoms with Gasteiger partial charge in [0.2, 0.25) is 0 Å². The first kappa shape index (κ1) is 7.09. The van der Waals surface area contributed by atoms with Crippen LogP contribution in [0.4, 0.5) is 0 Å². The molecule has 0 saturated heterocycles. The van der Waals surface area contributed by atoms with E-state index in [4.69, 9.17) is 0 Å². The standard InChI is InChI=1S/C6H11S/c1-3-5-6-7-4-2/h3,5H,1,4,6H2,2H3. The molecule has 0 spiro atoms. The molecule has 0 aromatic rings. The van der Waals surface area contributed by atoms with Crippen LogP contribution < -0.4 is 0 Å². The van der Waals surface area contributed by atoms with Gasteiger partial charge in [-0.05, 0) is 12.2 Å². The van der Waals surface area contributed by atoms with Gasteiger partial charge in [0.25, 0.3) is 0 Å². The Kier molecular flexibility index (Phi) is 6.17. The average molecular weight is 115 g/mol. The topological polar surface area (TPSA) is 0 Å². The zero-order chi connectivity index (χ0) is 5.54. The van der Waals surface area contributed by atoms with Gasteiger partial charge in [-0.3, -0.25) is 0 Å². The highest BCUT2D eigenvalue weighted by Gasteiger charge is 1.77. The lowest BCUT2D eigenvalue weighted by Crippen LogP contribution is -1.74. The molecule has 1 radical (unpaired) electrons. The van der Waals surface area contributed by atoms with E-state index in [0.717, 1.165) is 5.75 Å². The summed E-state index contributed by atoms with van der Waals surface area (Å²) in [6, 6.07) is 0. The first-order valence-corrected chi connectivity index (χ1v) is 3.59. The lowest BCUT2D eigenvalue weighted by molar-refractivity contribution is 1.49. The third-order valence-electron chi connectivity index (χ3n) is 0.585. The van der Waals surface area contributed by atoms with Crippen molar-refractivity contribution in [3.8, 4) is 0 Å². The highest BCUT2D eigenvalue weighted by atomic mass is 32.2. The van der Waals surface area contributed by atoms with Crippen LogP contribution in [0.15, 0.2) is 12.7 Å². The van der Waals surface area contributed by atoms with Crippen LogP contribution in [-0.4, -0.2) is 11.5 Å². The number of rotatable bonds is 4. The summed E-state index contributed by atoms with van der Waals surface area (Å²) in [5, 5.41) is 0. The SMILES string of the molecule is C=C[CH]CSCC. The number of hydrogen-bond acceptors (Lipinski definition) is 1. The van der Waals surface area contributed by atoms with Crippen LogP contribution in [0.3, 0.4) is 0 Å². The second-order valence-electron chi connectivity index (χ2n) is 1.13. The monoisotopic (exact) mass is 115 g/mol. The van der Waals surface area contributed by atoms with E-state index in [1.165, 1.54) is 5.75 Å². The maximum absolute atomic E-state index is 3.56. The summed E-state index contributed by atoms with van der Waals surface area (Å²) in [7, 11) is 0. The van der Waals surface area contributed by atoms with Crippen molar-refractivity contribution in [2.45, 2.75) is 6.92 Å². The van der Waals surface area contributed by atoms with Crippen molar-refractivity contribution >= 4 is 11.8 Å². The molecule has 0 aromatic heterocycles. The van der Waals surface area contributed by atoms with Crippen LogP contribution in [0.25, 0.3) is 0 Å². The first-order valence-electron chi connectivity index (χ1n) is 2.43. The zero-order valence-electron chi connectivity index (χ0n) is 4.68. The van der Waals surface area contributed by atoms with E-state index >= 15 is 0 Å². The van der Waals surface area contributed by atoms with Gasteiger partial charge < -0.3 is 0 Å². The Balaban J connectivity index is 2.56. The second-order valence-corrected chi connectivity index (χ2v) is 2.45. The Bertz CT molecular complexity index is 41.4. The minimum Gasteiger partial charge on any atom is -0.162 e. The van der Waals surface area contributed by atoms with Crippen LogP contribution in [0.5, 0.6) is 0 Å². The smallest absolute Gasteiger partial charge is 0.000129 e. The Morgan fingerprint density at radius 2 is 2.43 bits per heavy atom. The van der Waals surface area contributed by atoms with Crippen LogP contribution >= 0.6 is 11.8 Å². The van der Waals surface area contributed by atoms with Crippen molar-refractivity contribution in [3.63, 3.8) is 0 Å². The van der Waals surface area contributed by atoms with Crippen molar-refractivity contribution in [2.24, 2.45) is 0 Å². The summed E-state index contributed by atoms with van der Waals surface area (Å²) in [6.45, 7) is 5.72. The molecule has 0 atom stereocenters. The van der Waals surface area contributed by atoms with E-state index in [9.17, 15) is 0 Å². The van der Waals surface area contributed by atoms with Gasteiger partial charge in [-0.15, -0.1) is 6.58 Å². The van der Waals surface area contributed by atoms with Crippen molar-refractivity contribution in [3.05, 3.63) is 19.1 Å². The normalized spacial score (nSPS) is 8.71. The molecule has 0 aromatic carbocycles. The minimum atomic E-state index is 1.11. The van der Waals surface area contributed by atoms with Gasteiger partial charge in [-0.2, -0.15) is 11.8 Å². The molecule has 0 heterocycles. The maximum Gasteiger partial charge on any atom is 0.000129 e. The fourth-order valence-corrected chi connectivity index (χ4v) is 0.762. The molecular formula is C6H11S. The van der Waals surface area contributed by atoms with Crippen LogP contribution in [0.2, 0.25) is 0 Å². The Labute approximate surface area is 50.0 Å². The van der Waals surface area contributed by atoms with Crippen molar-refractivity contribution < 1.29 is 0 Å². The molecule has 1 heteroatoms. The average Bonchev–Trinajstić information content (AvgIpc) is 1.69. The number of hydrogen-bond donors (Lipinski definition) is 0. The largest absolute Gasteiger partial charge is 0.162 e. The van der Waals surface area contributed by atoms with Crippen molar-refractivity contribution in [2.75, 3.05) is 11.5 Å². The van der Waals surface area contributed by atoms with Gasteiger partial charge in [0.05, 0.1) is 0 Å². The summed E-state index contributed by atoms with van der Waals surface area (Å²) in [4.78, 5) is 0. The molecule has 0 fully saturated rings. The molecule has 0 rings (SSSR count). The molecule has 0 aliphatic carbocycles. The van der Waals surface area contributed by atoms with E-state index < -0.39 is 0 Å². The molecule has 7 heavy (non-hydrogen) atoms. The van der Waals surface area contributed by atoms with Crippen molar-refractivity contribution in [1.82, 2.24) is 0 Å². The lowest BCUT2D eigenvalue weighted by Gasteiger charge is -1.88. The molecule has 0 bridgehead atoms. The van der Waals surface area contributed by atoms with E-state index in [0.29, 0.717) is 0 Å². The molecule has 0 amide bonds. The summed E-state index contributed by atoms with van der Waals surface area (Å²) < 4.78 is 0. The van der Waals surface area contributed by atoms with E-state index in [1.54, 1.807) is 0 Å². The fourth-order valence-electron chi connectivity index (χ4n) is 0.254. The zero-order valence-corrected chi connectivity index (χ0v) is 5.50. The van der Waals surface area contributed by atoms with Gasteiger partial charge in [0.15, 0.2) is 0 Å². The predicted octanol–water partition coefficient (Wildman–Crippen LogP) is 2.13. The van der Waals surface area contributed by atoms with Gasteiger partial charge in [-0.1, -0.05) is 13.0 Å². The van der Waals surface area contributed by atoms with E-state index in [1.807, 2.05) is 17.8 Å². The third kappa shape index (κ3) is 6.09. The van der Waals surface area contributed by atoms with E-state index in [2.05, 4.69) is 19.9 Å². The van der Waals surface area contributed by atoms with Crippen LogP contribution in [-0.2, 0) is 0 Å². The molecular weight excluding hydrogens is 104 g/mol. The molecule has 0 aliphatic rings. The summed E-state index contributed by atoms with van der Waals surface area (Å²) in [5.74, 6) is 2.31. The van der Waals surface area contributed by atoms with Gasteiger partial charge in [-0.25, -0.2) is 0 Å². The predicted molar refractivity (Wildman–Crippen MR) is 37.5 cm³/mol. The summed E-state index contributed by atoms with van der Waals surface area (Å²) >= 11 is 1.91. The highest BCUT2D eigenvalue weighted by molar-refractivity contribution is 7.99. The Morgan fingerprint density at radius 3 is 2.86 bits per heavy atom. The molecule has 0 saturated carbocycles. The maximum atomic E-state index is 3.56. The molecule has 0 nitrogen and oxygen atoms in total. The van der Waals surface area contributed by atoms with Gasteiger partial charge >= 0.3 is 0 Å². The molecule has 0 aliphatic heterocycles. The Hall–Kier alpha value is 0.0900. The van der Waals surface area contributed by atoms with Gasteiger partial charge in [0.1, 0.15) is 0 Å². The highest BCUT2D eigenvalue weighted by Crippen LogP contribution is 1.98. The van der Waals surface area contributed by atoms with Crippen LogP contribution in [0, 0.1) is 6.42 Å². The van der Waals surface area contributed by atoms with Gasteiger partial charge in [0, 0.05) is 5.75 Å². The van der Waals surface area contributed by atoms with E-state index in [-0.39, 0.29) is 0 Å². The number of allylic oxidation sites excluding steroid dienone is 1. The molecule has 0 N–H and O–H groups in total. The fraction of sp³-hybridized carbons (Fsp3) is 0.500. The molecule has 41 valence electrons. The second kappa shape index (κ2) is 6.09. The quantitative estimate of drug-likeness (QED) is 0.506. The summed E-state index contributed by atoms with van der Waals surface area (Å²) in [5.41, 5.74) is 0. The Morgan fingerprint density at radius 1 is 1.71 bits per heavy atom. The lowest BCUT2D eigenvalue weighted by atomic mass is 10.5. The number of thioether (sulfide) groups is 1. The minimum absolute atomic E-state index is 1.11. The first-order chi connectivity index (χ1) is 3.41. The summed E-state index contributed by atoms with van der Waals surface area (Å²) in [6.07, 6.45) is 3.90. The van der Waals surface area contributed by atoms with Crippen LogP contribution in [0.1, 0.15) is 6.92 Å².